The lowest BCUT2D eigenvalue weighted by atomic mass is 9.44. The Balaban J connectivity index is 1.83. The first kappa shape index (κ1) is 27.1. The molecule has 0 aromatic heterocycles. The van der Waals surface area contributed by atoms with Crippen LogP contribution in [0.5, 0.6) is 0 Å². The van der Waals surface area contributed by atoms with Crippen molar-refractivity contribution in [2.75, 3.05) is 0 Å². The van der Waals surface area contributed by atoms with Crippen LogP contribution in [0.25, 0.3) is 0 Å². The average molecular weight is 571 g/mol. The fraction of sp³-hybridized carbons (Fsp3) is 0.692. The lowest BCUT2D eigenvalue weighted by molar-refractivity contribution is -0.186. The second kappa shape index (κ2) is 8.84. The normalized spacial score (nSPS) is 43.3. The fourth-order valence-corrected chi connectivity index (χ4v) is 9.22. The molecule has 4 aliphatic carbocycles. The van der Waals surface area contributed by atoms with E-state index in [1.165, 1.54) is 6.08 Å². The number of aliphatic hydroxyl groups is 2. The summed E-state index contributed by atoms with van der Waals surface area (Å²) in [6, 6.07) is 0. The summed E-state index contributed by atoms with van der Waals surface area (Å²) in [5.41, 5.74) is -3.38. The number of allylic oxidation sites excluding steroid dienone is 4. The molecule has 0 aliphatic heterocycles. The molecule has 10 heteroatoms. The second-order valence-electron chi connectivity index (χ2n) is 11.5. The standard InChI is InChI=1S/C26H32BrFO8/c1-11-6-14-12-7-17(28)15-8-18(29)16(27)10-24(15,2)13(12)4-5-25(14,3)26(11,22(34)23(35)36)21(33)19(30)9-20(31)32/h8,10-14,17,19,22,30,34H,4-7,9H2,1-3H3,(H,31,32)(H,35,36)/t11-,12+,13+,14-,17+,19?,22?,24+,25-,26+/m0/s1. The Hall–Kier alpha value is -1.91. The molecule has 4 aliphatic rings. The summed E-state index contributed by atoms with van der Waals surface area (Å²) >= 11 is 3.30. The Labute approximate surface area is 216 Å². The predicted octanol–water partition coefficient (Wildman–Crippen LogP) is 3.05. The molecule has 8 nitrogen and oxygen atoms in total. The number of alkyl halides is 1. The van der Waals surface area contributed by atoms with Crippen molar-refractivity contribution in [2.24, 2.45) is 39.9 Å². The molecule has 0 bridgehead atoms. The van der Waals surface area contributed by atoms with E-state index in [1.807, 2.05) is 6.92 Å². The monoisotopic (exact) mass is 570 g/mol. The summed E-state index contributed by atoms with van der Waals surface area (Å²) in [5.74, 6) is -5.74. The summed E-state index contributed by atoms with van der Waals surface area (Å²) in [7, 11) is 0. The molecule has 0 heterocycles. The van der Waals surface area contributed by atoms with Crippen molar-refractivity contribution in [3.05, 3.63) is 22.2 Å². The van der Waals surface area contributed by atoms with Crippen molar-refractivity contribution in [3.8, 4) is 0 Å². The molecule has 0 radical (unpaired) electrons. The van der Waals surface area contributed by atoms with Gasteiger partial charge in [0.1, 0.15) is 12.3 Å². The Morgan fingerprint density at radius 3 is 2.39 bits per heavy atom. The van der Waals surface area contributed by atoms with E-state index < -0.39 is 64.7 Å². The molecule has 3 fully saturated rings. The van der Waals surface area contributed by atoms with Crippen LogP contribution < -0.4 is 0 Å². The third-order valence-corrected chi connectivity index (χ3v) is 10.7. The average Bonchev–Trinajstić information content (AvgIpc) is 3.01. The number of carbonyl (C=O) groups is 4. The number of hydrogen-bond acceptors (Lipinski definition) is 6. The van der Waals surface area contributed by atoms with Gasteiger partial charge in [-0.05, 0) is 82.3 Å². The number of carbonyl (C=O) groups excluding carboxylic acids is 2. The van der Waals surface area contributed by atoms with Gasteiger partial charge in [-0.1, -0.05) is 26.8 Å². The molecule has 4 rings (SSSR count). The summed E-state index contributed by atoms with van der Waals surface area (Å²) < 4.78 is 16.0. The van der Waals surface area contributed by atoms with Crippen LogP contribution >= 0.6 is 15.9 Å². The number of hydrogen-bond donors (Lipinski definition) is 4. The molecule has 10 atom stereocenters. The Morgan fingerprint density at radius 1 is 1.17 bits per heavy atom. The van der Waals surface area contributed by atoms with Gasteiger partial charge >= 0.3 is 11.9 Å². The zero-order valence-electron chi connectivity index (χ0n) is 20.4. The summed E-state index contributed by atoms with van der Waals surface area (Å²) in [6.07, 6.45) is -2.11. The second-order valence-corrected chi connectivity index (χ2v) is 12.4. The highest BCUT2D eigenvalue weighted by Gasteiger charge is 2.73. The number of aliphatic carboxylic acids is 2. The first-order chi connectivity index (χ1) is 16.6. The van der Waals surface area contributed by atoms with Gasteiger partial charge in [-0.15, -0.1) is 0 Å². The van der Waals surface area contributed by atoms with Gasteiger partial charge in [0.25, 0.3) is 0 Å². The molecule has 3 saturated carbocycles. The van der Waals surface area contributed by atoms with Gasteiger partial charge in [-0.3, -0.25) is 14.4 Å². The van der Waals surface area contributed by atoms with Crippen molar-refractivity contribution >= 4 is 39.4 Å². The van der Waals surface area contributed by atoms with Gasteiger partial charge in [0, 0.05) is 5.41 Å². The summed E-state index contributed by atoms with van der Waals surface area (Å²) in [6.45, 7) is 5.28. The maximum atomic E-state index is 15.6. The highest BCUT2D eigenvalue weighted by atomic mass is 79.9. The van der Waals surface area contributed by atoms with Crippen LogP contribution in [0.1, 0.15) is 52.9 Å². The molecule has 198 valence electrons. The lowest BCUT2D eigenvalue weighted by Gasteiger charge is -2.60. The molecule has 4 N–H and O–H groups in total. The number of carboxylic acids is 2. The van der Waals surface area contributed by atoms with Crippen LogP contribution in [0.15, 0.2) is 22.2 Å². The van der Waals surface area contributed by atoms with Crippen LogP contribution in [0, 0.1) is 39.9 Å². The van der Waals surface area contributed by atoms with Crippen LogP contribution in [-0.2, 0) is 19.2 Å². The highest BCUT2D eigenvalue weighted by Crippen LogP contribution is 2.72. The maximum absolute atomic E-state index is 15.6. The number of rotatable bonds is 6. The first-order valence-corrected chi connectivity index (χ1v) is 13.1. The number of Topliss-reactive ketones (excluding diaryl/α,β-unsaturated/α-hetero) is 1. The minimum atomic E-state index is -2.16. The number of carboxylic acid groups (broad SMARTS) is 2. The van der Waals surface area contributed by atoms with Gasteiger partial charge < -0.3 is 20.4 Å². The molecule has 0 saturated heterocycles. The van der Waals surface area contributed by atoms with Crippen LogP contribution in [-0.4, -0.2) is 62.3 Å². The molecule has 0 aromatic rings. The van der Waals surface area contributed by atoms with E-state index in [1.54, 1.807) is 19.9 Å². The minimum absolute atomic E-state index is 0.0847. The van der Waals surface area contributed by atoms with Crippen molar-refractivity contribution in [1.82, 2.24) is 0 Å². The molecule has 2 unspecified atom stereocenters. The van der Waals surface area contributed by atoms with Gasteiger partial charge in [0.2, 0.25) is 0 Å². The van der Waals surface area contributed by atoms with E-state index in [9.17, 15) is 34.5 Å². The van der Waals surface area contributed by atoms with Crippen LogP contribution in [0.3, 0.4) is 0 Å². The number of aliphatic hydroxyl groups excluding tert-OH is 2. The van der Waals surface area contributed by atoms with Gasteiger partial charge in [-0.25, -0.2) is 9.18 Å². The zero-order chi connectivity index (χ0) is 27.0. The van der Waals surface area contributed by atoms with Crippen molar-refractivity contribution in [1.29, 1.82) is 0 Å². The smallest absolute Gasteiger partial charge is 0.333 e. The minimum Gasteiger partial charge on any atom is -0.481 e. The van der Waals surface area contributed by atoms with Crippen LogP contribution in [0.2, 0.25) is 0 Å². The van der Waals surface area contributed by atoms with Crippen molar-refractivity contribution < 1.29 is 44.0 Å². The number of fused-ring (bicyclic) bond motifs is 5. The highest BCUT2D eigenvalue weighted by molar-refractivity contribution is 9.12. The third-order valence-electron chi connectivity index (χ3n) is 10.1. The largest absolute Gasteiger partial charge is 0.481 e. The van der Waals surface area contributed by atoms with E-state index in [0.717, 1.165) is 0 Å². The number of ketones is 2. The van der Waals surface area contributed by atoms with E-state index in [-0.39, 0.29) is 30.0 Å². The third kappa shape index (κ3) is 3.50. The first-order valence-electron chi connectivity index (χ1n) is 12.3. The van der Waals surface area contributed by atoms with Crippen molar-refractivity contribution in [3.63, 3.8) is 0 Å². The molecule has 0 aromatic carbocycles. The van der Waals surface area contributed by atoms with E-state index in [4.69, 9.17) is 5.11 Å². The fourth-order valence-electron chi connectivity index (χ4n) is 8.63. The van der Waals surface area contributed by atoms with E-state index in [2.05, 4.69) is 15.9 Å². The van der Waals surface area contributed by atoms with Gasteiger partial charge in [-0.2, -0.15) is 0 Å². The summed E-state index contributed by atoms with van der Waals surface area (Å²) in [5, 5.41) is 40.6. The SMILES string of the molecule is C[C@H]1C[C@H]2[C@@H]3C[C@@H](F)C4=CC(=O)C(Br)=C[C@]4(C)[C@@H]3CC[C@]2(C)[C@]1(C(=O)C(O)CC(=O)O)C(O)C(=O)O. The van der Waals surface area contributed by atoms with Crippen LogP contribution in [0.4, 0.5) is 4.39 Å². The topological polar surface area (TPSA) is 149 Å². The molecular formula is C26H32BrFO8. The Morgan fingerprint density at radius 2 is 1.81 bits per heavy atom. The predicted molar refractivity (Wildman–Crippen MR) is 129 cm³/mol. The Kier molecular flexibility index (Phi) is 6.66. The zero-order valence-corrected chi connectivity index (χ0v) is 22.0. The number of halogens is 2. The van der Waals surface area contributed by atoms with E-state index in [0.29, 0.717) is 29.3 Å². The van der Waals surface area contributed by atoms with E-state index >= 15 is 4.39 Å². The molecule has 0 amide bonds. The van der Waals surface area contributed by atoms with Crippen molar-refractivity contribution in [2.45, 2.75) is 71.3 Å². The molecular weight excluding hydrogens is 539 g/mol. The molecule has 0 spiro atoms. The Bertz CT molecular complexity index is 1090. The maximum Gasteiger partial charge on any atom is 0.333 e. The lowest BCUT2D eigenvalue weighted by Crippen LogP contribution is -2.63. The van der Waals surface area contributed by atoms with Gasteiger partial charge in [0.15, 0.2) is 17.7 Å². The summed E-state index contributed by atoms with van der Waals surface area (Å²) in [4.78, 5) is 49.4. The molecule has 36 heavy (non-hydrogen) atoms. The van der Waals surface area contributed by atoms with Gasteiger partial charge in [0.05, 0.1) is 16.3 Å². The quantitative estimate of drug-likeness (QED) is 0.380.